The first kappa shape index (κ1) is 14.0. The number of furan rings is 1. The van der Waals surface area contributed by atoms with Gasteiger partial charge in [0.1, 0.15) is 10.7 Å². The van der Waals surface area contributed by atoms with Gasteiger partial charge in [-0.1, -0.05) is 0 Å². The molecule has 0 radical (unpaired) electrons. The second-order valence-electron chi connectivity index (χ2n) is 4.34. The molecule has 1 aromatic rings. The molecule has 0 aliphatic carbocycles. The lowest BCUT2D eigenvalue weighted by atomic mass is 10.4. The normalized spacial score (nSPS) is 18.2. The van der Waals surface area contributed by atoms with E-state index < -0.39 is 16.0 Å². The Morgan fingerprint density at radius 3 is 2.79 bits per heavy atom. The van der Waals surface area contributed by atoms with E-state index >= 15 is 0 Å². The number of carboxylic acid groups (broad SMARTS) is 1. The van der Waals surface area contributed by atoms with Crippen LogP contribution in [0.4, 0.5) is 0 Å². The molecule has 2 heterocycles. The number of hydrogen-bond donors (Lipinski definition) is 2. The summed E-state index contributed by atoms with van der Waals surface area (Å²) in [6.07, 6.45) is 0.724. The van der Waals surface area contributed by atoms with Gasteiger partial charge in [-0.3, -0.25) is 0 Å². The van der Waals surface area contributed by atoms with Crippen LogP contribution < -0.4 is 5.32 Å². The Labute approximate surface area is 111 Å². The molecule has 19 heavy (non-hydrogen) atoms. The van der Waals surface area contributed by atoms with E-state index in [9.17, 15) is 13.2 Å². The maximum absolute atomic E-state index is 12.4. The largest absolute Gasteiger partial charge is 0.475 e. The zero-order valence-corrected chi connectivity index (χ0v) is 11.4. The number of aryl methyl sites for hydroxylation is 1. The number of nitrogens with zero attached hydrogens (tertiary/aromatic N) is 1. The van der Waals surface area contributed by atoms with Crippen LogP contribution in [-0.4, -0.2) is 50.0 Å². The predicted octanol–water partition coefficient (Wildman–Crippen LogP) is 0.270. The van der Waals surface area contributed by atoms with Crippen molar-refractivity contribution in [3.8, 4) is 0 Å². The van der Waals surface area contributed by atoms with Gasteiger partial charge in [-0.15, -0.1) is 0 Å². The molecule has 0 aromatic carbocycles. The van der Waals surface area contributed by atoms with Gasteiger partial charge in [-0.2, -0.15) is 4.31 Å². The highest BCUT2D eigenvalue weighted by atomic mass is 32.2. The molecule has 1 fully saturated rings. The summed E-state index contributed by atoms with van der Waals surface area (Å²) in [5.41, 5.74) is 0. The summed E-state index contributed by atoms with van der Waals surface area (Å²) < 4.78 is 31.2. The lowest BCUT2D eigenvalue weighted by Crippen LogP contribution is -2.34. The first-order valence-electron chi connectivity index (χ1n) is 5.97. The van der Waals surface area contributed by atoms with Gasteiger partial charge in [-0.25, -0.2) is 13.2 Å². The molecule has 0 spiro atoms. The van der Waals surface area contributed by atoms with Gasteiger partial charge in [0.05, 0.1) is 0 Å². The minimum atomic E-state index is -3.69. The standard InChI is InChI=1S/C11H16N2O5S/c1-8-10(7-9(18-8)11(14)15)19(16,17)13-5-2-3-12-4-6-13/h7,12H,2-6H2,1H3,(H,14,15). The van der Waals surface area contributed by atoms with E-state index in [1.54, 1.807) is 0 Å². The maximum atomic E-state index is 12.4. The quantitative estimate of drug-likeness (QED) is 0.828. The molecule has 0 unspecified atom stereocenters. The average molecular weight is 288 g/mol. The van der Waals surface area contributed by atoms with Crippen LogP contribution in [0.2, 0.25) is 0 Å². The van der Waals surface area contributed by atoms with E-state index in [0.717, 1.165) is 19.0 Å². The van der Waals surface area contributed by atoms with E-state index in [0.29, 0.717) is 19.6 Å². The first-order chi connectivity index (χ1) is 8.93. The van der Waals surface area contributed by atoms with E-state index in [-0.39, 0.29) is 16.4 Å². The number of sulfonamides is 1. The van der Waals surface area contributed by atoms with E-state index in [1.807, 2.05) is 0 Å². The number of aromatic carboxylic acids is 1. The number of nitrogens with one attached hydrogen (secondary N) is 1. The molecule has 2 N–H and O–H groups in total. The second kappa shape index (κ2) is 5.32. The van der Waals surface area contributed by atoms with Crippen LogP contribution >= 0.6 is 0 Å². The average Bonchev–Trinajstić information content (AvgIpc) is 2.59. The zero-order valence-electron chi connectivity index (χ0n) is 10.5. The van der Waals surface area contributed by atoms with Crippen LogP contribution in [0.25, 0.3) is 0 Å². The molecule has 1 aromatic heterocycles. The summed E-state index contributed by atoms with van der Waals surface area (Å²) >= 11 is 0. The summed E-state index contributed by atoms with van der Waals surface area (Å²) in [6, 6.07) is 1.07. The van der Waals surface area contributed by atoms with Crippen LogP contribution in [-0.2, 0) is 10.0 Å². The fourth-order valence-electron chi connectivity index (χ4n) is 2.03. The Balaban J connectivity index is 2.35. The topological polar surface area (TPSA) is 99.8 Å². The van der Waals surface area contributed by atoms with Crippen molar-refractivity contribution in [1.29, 1.82) is 0 Å². The number of carbonyl (C=O) groups is 1. The highest BCUT2D eigenvalue weighted by molar-refractivity contribution is 7.89. The van der Waals surface area contributed by atoms with E-state index in [4.69, 9.17) is 9.52 Å². The van der Waals surface area contributed by atoms with Crippen molar-refractivity contribution >= 4 is 16.0 Å². The minimum absolute atomic E-state index is 0.0631. The molecule has 0 amide bonds. The minimum Gasteiger partial charge on any atom is -0.475 e. The third-order valence-corrected chi connectivity index (χ3v) is 5.01. The Morgan fingerprint density at radius 2 is 2.16 bits per heavy atom. The zero-order chi connectivity index (χ0) is 14.0. The molecule has 2 rings (SSSR count). The van der Waals surface area contributed by atoms with Gasteiger partial charge in [-0.05, 0) is 19.9 Å². The molecule has 1 saturated heterocycles. The molecule has 1 aliphatic heterocycles. The lowest BCUT2D eigenvalue weighted by molar-refractivity contribution is 0.0661. The summed E-state index contributed by atoms with van der Waals surface area (Å²) in [7, 11) is -3.69. The molecule has 8 heteroatoms. The van der Waals surface area contributed by atoms with Crippen molar-refractivity contribution in [2.24, 2.45) is 0 Å². The molecule has 0 atom stereocenters. The second-order valence-corrected chi connectivity index (χ2v) is 6.25. The molecular weight excluding hydrogens is 272 g/mol. The summed E-state index contributed by atoms with van der Waals surface area (Å²) in [5, 5.41) is 11.9. The van der Waals surface area contributed by atoms with Gasteiger partial charge in [0.25, 0.3) is 0 Å². The van der Waals surface area contributed by atoms with Gasteiger partial charge in [0.2, 0.25) is 15.8 Å². The van der Waals surface area contributed by atoms with Crippen LogP contribution in [0.3, 0.4) is 0 Å². The molecule has 0 saturated carbocycles. The summed E-state index contributed by atoms with van der Waals surface area (Å²) in [6.45, 7) is 3.60. The van der Waals surface area contributed by atoms with Gasteiger partial charge < -0.3 is 14.8 Å². The Kier molecular flexibility index (Phi) is 3.93. The van der Waals surface area contributed by atoms with Crippen molar-refractivity contribution in [3.05, 3.63) is 17.6 Å². The maximum Gasteiger partial charge on any atom is 0.371 e. The third-order valence-electron chi connectivity index (χ3n) is 3.00. The fraction of sp³-hybridized carbons (Fsp3) is 0.545. The molecule has 1 aliphatic rings. The van der Waals surface area contributed by atoms with E-state index in [1.165, 1.54) is 11.2 Å². The van der Waals surface area contributed by atoms with Crippen molar-refractivity contribution in [1.82, 2.24) is 9.62 Å². The summed E-state index contributed by atoms with van der Waals surface area (Å²) in [5.74, 6) is -1.53. The highest BCUT2D eigenvalue weighted by Gasteiger charge is 2.30. The van der Waals surface area contributed by atoms with Gasteiger partial charge in [0, 0.05) is 25.7 Å². The molecular formula is C11H16N2O5S. The SMILES string of the molecule is Cc1oc(C(=O)O)cc1S(=O)(=O)N1CCCNCC1. The van der Waals surface area contributed by atoms with Crippen molar-refractivity contribution < 1.29 is 22.7 Å². The van der Waals surface area contributed by atoms with E-state index in [2.05, 4.69) is 5.32 Å². The van der Waals surface area contributed by atoms with Gasteiger partial charge in [0.15, 0.2) is 0 Å². The van der Waals surface area contributed by atoms with Crippen molar-refractivity contribution in [3.63, 3.8) is 0 Å². The molecule has 7 nitrogen and oxygen atoms in total. The molecule has 106 valence electrons. The monoisotopic (exact) mass is 288 g/mol. The summed E-state index contributed by atoms with van der Waals surface area (Å²) in [4.78, 5) is 10.7. The number of carboxylic acids is 1. The van der Waals surface area contributed by atoms with Crippen LogP contribution in [0.5, 0.6) is 0 Å². The Bertz CT molecular complexity index is 570. The fourth-order valence-corrected chi connectivity index (χ4v) is 3.67. The smallest absolute Gasteiger partial charge is 0.371 e. The third kappa shape index (κ3) is 2.80. The highest BCUT2D eigenvalue weighted by Crippen LogP contribution is 2.24. The Hall–Kier alpha value is -1.38. The van der Waals surface area contributed by atoms with Crippen LogP contribution in [0, 0.1) is 6.92 Å². The lowest BCUT2D eigenvalue weighted by Gasteiger charge is -2.18. The molecule has 0 bridgehead atoms. The Morgan fingerprint density at radius 1 is 1.42 bits per heavy atom. The number of rotatable bonds is 3. The van der Waals surface area contributed by atoms with Crippen molar-refractivity contribution in [2.75, 3.05) is 26.2 Å². The van der Waals surface area contributed by atoms with Crippen molar-refractivity contribution in [2.45, 2.75) is 18.2 Å². The van der Waals surface area contributed by atoms with Gasteiger partial charge >= 0.3 is 5.97 Å². The number of hydrogen-bond acceptors (Lipinski definition) is 5. The first-order valence-corrected chi connectivity index (χ1v) is 7.41. The van der Waals surface area contributed by atoms with Crippen LogP contribution in [0.15, 0.2) is 15.4 Å². The van der Waals surface area contributed by atoms with Crippen LogP contribution in [0.1, 0.15) is 22.7 Å². The predicted molar refractivity (Wildman–Crippen MR) is 66.6 cm³/mol.